The minimum atomic E-state index is -0.00731. The molecule has 1 aromatic heterocycles. The van der Waals surface area contributed by atoms with Crippen LogP contribution in [0.25, 0.3) is 0 Å². The van der Waals surface area contributed by atoms with Gasteiger partial charge in [-0.3, -0.25) is 9.89 Å². The molecule has 1 amide bonds. The van der Waals surface area contributed by atoms with Gasteiger partial charge >= 0.3 is 0 Å². The van der Waals surface area contributed by atoms with Crippen LogP contribution in [-0.4, -0.2) is 22.6 Å². The van der Waals surface area contributed by atoms with Crippen molar-refractivity contribution in [3.8, 4) is 0 Å². The van der Waals surface area contributed by atoms with Crippen LogP contribution >= 0.6 is 0 Å². The minimum absolute atomic E-state index is 0.00731. The maximum Gasteiger partial charge on any atom is 0.225 e. The second-order valence-corrected chi connectivity index (χ2v) is 4.79. The van der Waals surface area contributed by atoms with Crippen LogP contribution in [0.1, 0.15) is 45.2 Å². The molecule has 0 aliphatic rings. The normalized spacial score (nSPS) is 12.8. The fourth-order valence-electron chi connectivity index (χ4n) is 1.40. The van der Waals surface area contributed by atoms with Crippen LogP contribution in [0.3, 0.4) is 0 Å². The van der Waals surface area contributed by atoms with Gasteiger partial charge in [-0.05, 0) is 24.8 Å². The Balaban J connectivity index is 2.39. The predicted octanol–water partition coefficient (Wildman–Crippen LogP) is 1.85. The zero-order valence-corrected chi connectivity index (χ0v) is 10.8. The summed E-state index contributed by atoms with van der Waals surface area (Å²) in [6.45, 7) is 6.80. The summed E-state index contributed by atoms with van der Waals surface area (Å²) in [5, 5.41) is 9.72. The smallest absolute Gasteiger partial charge is 0.225 e. The Kier molecular flexibility index (Phi) is 5.15. The van der Waals surface area contributed by atoms with Crippen molar-refractivity contribution in [2.45, 2.75) is 39.5 Å². The predicted molar refractivity (Wildman–Crippen MR) is 68.8 cm³/mol. The lowest BCUT2D eigenvalue weighted by Gasteiger charge is -2.07. The van der Waals surface area contributed by atoms with Gasteiger partial charge in [0.1, 0.15) is 0 Å². The topological polar surface area (TPSA) is 83.8 Å². The number of amides is 1. The lowest BCUT2D eigenvalue weighted by Crippen LogP contribution is -2.16. The van der Waals surface area contributed by atoms with Gasteiger partial charge in [0.05, 0.1) is 0 Å². The summed E-state index contributed by atoms with van der Waals surface area (Å²) in [6.07, 6.45) is 1.30. The molecule has 1 heterocycles. The zero-order valence-electron chi connectivity index (χ0n) is 10.8. The number of anilines is 1. The summed E-state index contributed by atoms with van der Waals surface area (Å²) in [7, 11) is 0. The maximum atomic E-state index is 11.6. The number of aromatic nitrogens is 2. The highest BCUT2D eigenvalue weighted by Crippen LogP contribution is 2.15. The van der Waals surface area contributed by atoms with Crippen LogP contribution in [0, 0.1) is 5.92 Å². The highest BCUT2D eigenvalue weighted by atomic mass is 16.1. The monoisotopic (exact) mass is 238 g/mol. The maximum absolute atomic E-state index is 11.6. The Hall–Kier alpha value is -1.36. The first-order valence-corrected chi connectivity index (χ1v) is 6.08. The van der Waals surface area contributed by atoms with Crippen molar-refractivity contribution in [1.29, 1.82) is 0 Å². The van der Waals surface area contributed by atoms with E-state index in [4.69, 9.17) is 5.73 Å². The first-order valence-electron chi connectivity index (χ1n) is 6.08. The highest BCUT2D eigenvalue weighted by molar-refractivity contribution is 5.89. The number of carbonyl (C=O) groups is 1. The number of hydrogen-bond acceptors (Lipinski definition) is 3. The molecule has 1 aromatic rings. The molecule has 0 bridgehead atoms. The van der Waals surface area contributed by atoms with E-state index in [1.165, 1.54) is 0 Å². The average molecular weight is 238 g/mol. The van der Waals surface area contributed by atoms with Crippen molar-refractivity contribution < 1.29 is 4.79 Å². The number of nitrogens with two attached hydrogens (primary N) is 1. The number of hydrogen-bond donors (Lipinski definition) is 3. The van der Waals surface area contributed by atoms with E-state index in [2.05, 4.69) is 29.4 Å². The van der Waals surface area contributed by atoms with E-state index in [1.807, 2.05) is 13.0 Å². The van der Waals surface area contributed by atoms with Crippen LogP contribution < -0.4 is 11.1 Å². The molecule has 1 rings (SSSR count). The first-order chi connectivity index (χ1) is 8.02. The molecule has 96 valence electrons. The zero-order chi connectivity index (χ0) is 12.8. The van der Waals surface area contributed by atoms with Crippen molar-refractivity contribution in [2.75, 3.05) is 11.9 Å². The Morgan fingerprint density at radius 1 is 1.53 bits per heavy atom. The minimum Gasteiger partial charge on any atom is -0.330 e. The van der Waals surface area contributed by atoms with E-state index in [9.17, 15) is 4.79 Å². The molecule has 0 fully saturated rings. The van der Waals surface area contributed by atoms with Crippen LogP contribution in [0.4, 0.5) is 5.82 Å². The van der Waals surface area contributed by atoms with E-state index in [-0.39, 0.29) is 5.91 Å². The fraction of sp³-hybridized carbons (Fsp3) is 0.667. The van der Waals surface area contributed by atoms with Crippen LogP contribution in [0.15, 0.2) is 6.07 Å². The number of H-pyrrole nitrogens is 1. The van der Waals surface area contributed by atoms with E-state index in [1.54, 1.807) is 0 Å². The Bertz CT molecular complexity index is 359. The van der Waals surface area contributed by atoms with Crippen molar-refractivity contribution >= 4 is 11.7 Å². The fourth-order valence-corrected chi connectivity index (χ4v) is 1.40. The number of nitrogens with zero attached hydrogens (tertiary/aromatic N) is 1. The summed E-state index contributed by atoms with van der Waals surface area (Å²) in [6, 6.07) is 1.87. The Morgan fingerprint density at radius 3 is 2.76 bits per heavy atom. The molecular formula is C12H22N4O. The number of nitrogens with one attached hydrogen (secondary N) is 2. The molecule has 0 spiro atoms. The summed E-state index contributed by atoms with van der Waals surface area (Å²) < 4.78 is 0. The molecule has 4 N–H and O–H groups in total. The lowest BCUT2D eigenvalue weighted by atomic mass is 10.1. The molecule has 0 aromatic carbocycles. The van der Waals surface area contributed by atoms with Crippen LogP contribution in [0.2, 0.25) is 0 Å². The summed E-state index contributed by atoms with van der Waals surface area (Å²) in [4.78, 5) is 11.6. The molecule has 0 saturated heterocycles. The molecule has 5 heteroatoms. The molecule has 0 aliphatic carbocycles. The molecular weight excluding hydrogens is 216 g/mol. The molecule has 1 unspecified atom stereocenters. The summed E-state index contributed by atoms with van der Waals surface area (Å²) >= 11 is 0. The number of rotatable bonds is 6. The van der Waals surface area contributed by atoms with Gasteiger partial charge < -0.3 is 11.1 Å². The molecule has 17 heavy (non-hydrogen) atoms. The third-order valence-electron chi connectivity index (χ3n) is 2.75. The van der Waals surface area contributed by atoms with Gasteiger partial charge in [0.2, 0.25) is 5.91 Å². The van der Waals surface area contributed by atoms with Gasteiger partial charge in [-0.15, -0.1) is 0 Å². The highest BCUT2D eigenvalue weighted by Gasteiger charge is 2.09. The van der Waals surface area contributed by atoms with Gasteiger partial charge in [-0.1, -0.05) is 20.8 Å². The van der Waals surface area contributed by atoms with Gasteiger partial charge in [0.15, 0.2) is 5.82 Å². The van der Waals surface area contributed by atoms with Gasteiger partial charge in [-0.25, -0.2) is 0 Å². The van der Waals surface area contributed by atoms with E-state index >= 15 is 0 Å². The van der Waals surface area contributed by atoms with E-state index in [0.717, 1.165) is 12.1 Å². The lowest BCUT2D eigenvalue weighted by molar-refractivity contribution is -0.116. The first kappa shape index (κ1) is 13.7. The van der Waals surface area contributed by atoms with Crippen LogP contribution in [0.5, 0.6) is 0 Å². The standard InChI is InChI=1S/C12H22N4O/c1-8(2)10-6-11(16-15-10)14-12(17)5-4-9(3)7-13/h6,8-9H,4-5,7,13H2,1-3H3,(H2,14,15,16,17). The van der Waals surface area contributed by atoms with Gasteiger partial charge in [0.25, 0.3) is 0 Å². The quantitative estimate of drug-likeness (QED) is 0.707. The largest absolute Gasteiger partial charge is 0.330 e. The van der Waals surface area contributed by atoms with Gasteiger partial charge in [-0.2, -0.15) is 5.10 Å². The second-order valence-electron chi connectivity index (χ2n) is 4.79. The van der Waals surface area contributed by atoms with E-state index in [0.29, 0.717) is 30.6 Å². The van der Waals surface area contributed by atoms with Crippen molar-refractivity contribution in [1.82, 2.24) is 10.2 Å². The van der Waals surface area contributed by atoms with Gasteiger partial charge in [0, 0.05) is 18.2 Å². The molecule has 1 atom stereocenters. The number of aromatic amines is 1. The Labute approximate surface area is 102 Å². The van der Waals surface area contributed by atoms with Crippen molar-refractivity contribution in [2.24, 2.45) is 11.7 Å². The Morgan fingerprint density at radius 2 is 2.24 bits per heavy atom. The molecule has 0 radical (unpaired) electrons. The van der Waals surface area contributed by atoms with Crippen molar-refractivity contribution in [3.63, 3.8) is 0 Å². The molecule has 0 aliphatic heterocycles. The number of carbonyl (C=O) groups excluding carboxylic acids is 1. The van der Waals surface area contributed by atoms with Crippen LogP contribution in [-0.2, 0) is 4.79 Å². The SMILES string of the molecule is CC(CN)CCC(=O)Nc1cc(C(C)C)[nH]n1. The summed E-state index contributed by atoms with van der Waals surface area (Å²) in [5.74, 6) is 1.35. The molecule has 0 saturated carbocycles. The van der Waals surface area contributed by atoms with Crippen molar-refractivity contribution in [3.05, 3.63) is 11.8 Å². The third kappa shape index (κ3) is 4.56. The summed E-state index contributed by atoms with van der Waals surface area (Å²) in [5.41, 5.74) is 6.52. The average Bonchev–Trinajstić information content (AvgIpc) is 2.74. The second kappa shape index (κ2) is 6.39. The third-order valence-corrected chi connectivity index (χ3v) is 2.75. The molecule has 5 nitrogen and oxygen atoms in total. The van der Waals surface area contributed by atoms with E-state index < -0.39 is 0 Å².